The highest BCUT2D eigenvalue weighted by molar-refractivity contribution is 7.89. The number of hydrogen-bond donors (Lipinski definition) is 1. The SMILES string of the molecule is CC(C)C1CCC(C(=O)N2CCCN(S(=O)(=O)c3cnc[nH]3)CC2)CC1. The summed E-state index contributed by atoms with van der Waals surface area (Å²) in [6, 6.07) is 0. The number of nitrogens with one attached hydrogen (secondary N) is 1. The van der Waals surface area contributed by atoms with E-state index in [0.717, 1.165) is 31.6 Å². The van der Waals surface area contributed by atoms with E-state index < -0.39 is 10.0 Å². The van der Waals surface area contributed by atoms with Gasteiger partial charge in [-0.05, 0) is 43.9 Å². The molecule has 1 saturated carbocycles. The topological polar surface area (TPSA) is 86.4 Å². The molecule has 1 aliphatic carbocycles. The van der Waals surface area contributed by atoms with Crippen LogP contribution in [0.5, 0.6) is 0 Å². The third kappa shape index (κ3) is 4.11. The Balaban J connectivity index is 1.58. The molecule has 26 heavy (non-hydrogen) atoms. The summed E-state index contributed by atoms with van der Waals surface area (Å²) < 4.78 is 26.7. The van der Waals surface area contributed by atoms with Crippen LogP contribution in [0.4, 0.5) is 0 Å². The van der Waals surface area contributed by atoms with Gasteiger partial charge >= 0.3 is 0 Å². The number of carbonyl (C=O) groups is 1. The van der Waals surface area contributed by atoms with E-state index in [-0.39, 0.29) is 16.9 Å². The van der Waals surface area contributed by atoms with Crippen molar-refractivity contribution in [1.29, 1.82) is 0 Å². The number of sulfonamides is 1. The molecule has 1 saturated heterocycles. The summed E-state index contributed by atoms with van der Waals surface area (Å²) in [6.45, 7) is 6.40. The van der Waals surface area contributed by atoms with E-state index >= 15 is 0 Å². The molecule has 1 amide bonds. The number of imidazole rings is 1. The maximum Gasteiger partial charge on any atom is 0.260 e. The van der Waals surface area contributed by atoms with Crippen LogP contribution >= 0.6 is 0 Å². The first-order valence-electron chi connectivity index (χ1n) is 9.67. The van der Waals surface area contributed by atoms with Crippen LogP contribution in [-0.2, 0) is 14.8 Å². The van der Waals surface area contributed by atoms with Crippen LogP contribution in [0.3, 0.4) is 0 Å². The van der Waals surface area contributed by atoms with E-state index in [9.17, 15) is 13.2 Å². The first-order valence-corrected chi connectivity index (χ1v) is 11.1. The first kappa shape index (κ1) is 19.4. The van der Waals surface area contributed by atoms with E-state index in [2.05, 4.69) is 23.8 Å². The fraction of sp³-hybridized carbons (Fsp3) is 0.778. The highest BCUT2D eigenvalue weighted by atomic mass is 32.2. The normalized spacial score (nSPS) is 26.0. The van der Waals surface area contributed by atoms with E-state index in [1.165, 1.54) is 16.8 Å². The van der Waals surface area contributed by atoms with Crippen molar-refractivity contribution in [3.05, 3.63) is 12.5 Å². The molecule has 0 atom stereocenters. The standard InChI is InChI=1S/C18H30N4O3S/c1-14(2)15-4-6-16(7-5-15)18(23)21-8-3-9-22(11-10-21)26(24,25)17-12-19-13-20-17/h12-16H,3-11H2,1-2H3,(H,19,20). The lowest BCUT2D eigenvalue weighted by atomic mass is 9.76. The van der Waals surface area contributed by atoms with Crippen molar-refractivity contribution in [3.8, 4) is 0 Å². The number of H-pyrrole nitrogens is 1. The van der Waals surface area contributed by atoms with Crippen molar-refractivity contribution in [3.63, 3.8) is 0 Å². The molecule has 0 unspecified atom stereocenters. The minimum absolute atomic E-state index is 0.112. The van der Waals surface area contributed by atoms with Crippen molar-refractivity contribution in [2.24, 2.45) is 17.8 Å². The average Bonchev–Trinajstić information content (AvgIpc) is 3.06. The van der Waals surface area contributed by atoms with Crippen LogP contribution in [0.1, 0.15) is 46.0 Å². The summed E-state index contributed by atoms with van der Waals surface area (Å²) in [6.07, 6.45) is 7.55. The summed E-state index contributed by atoms with van der Waals surface area (Å²) in [5.74, 6) is 1.75. The minimum atomic E-state index is -3.56. The molecule has 1 aromatic heterocycles. The third-order valence-corrected chi connectivity index (χ3v) is 7.75. The van der Waals surface area contributed by atoms with Gasteiger partial charge in [0.15, 0.2) is 5.03 Å². The molecule has 8 heteroatoms. The van der Waals surface area contributed by atoms with Crippen molar-refractivity contribution < 1.29 is 13.2 Å². The second-order valence-electron chi connectivity index (χ2n) is 7.85. The van der Waals surface area contributed by atoms with E-state index in [1.807, 2.05) is 4.90 Å². The number of aromatic amines is 1. The molecular formula is C18H30N4O3S. The number of carbonyl (C=O) groups excluding carboxylic acids is 1. The molecule has 1 N–H and O–H groups in total. The minimum Gasteiger partial charge on any atom is -0.341 e. The van der Waals surface area contributed by atoms with Gasteiger partial charge in [-0.2, -0.15) is 4.31 Å². The Morgan fingerprint density at radius 2 is 1.88 bits per heavy atom. The summed E-state index contributed by atoms with van der Waals surface area (Å²) in [7, 11) is -3.56. The largest absolute Gasteiger partial charge is 0.341 e. The zero-order chi connectivity index (χ0) is 18.7. The van der Waals surface area contributed by atoms with Gasteiger partial charge in [0.2, 0.25) is 5.91 Å². The van der Waals surface area contributed by atoms with E-state index in [1.54, 1.807) is 0 Å². The van der Waals surface area contributed by atoms with E-state index in [0.29, 0.717) is 38.5 Å². The molecule has 2 fully saturated rings. The smallest absolute Gasteiger partial charge is 0.260 e. The molecule has 2 heterocycles. The van der Waals surface area contributed by atoms with Crippen LogP contribution in [0.2, 0.25) is 0 Å². The van der Waals surface area contributed by atoms with Crippen LogP contribution < -0.4 is 0 Å². The lowest BCUT2D eigenvalue weighted by Crippen LogP contribution is -2.41. The molecule has 2 aliphatic rings. The lowest BCUT2D eigenvalue weighted by molar-refractivity contribution is -0.136. The Morgan fingerprint density at radius 1 is 1.15 bits per heavy atom. The average molecular weight is 383 g/mol. The van der Waals surface area contributed by atoms with Crippen molar-refractivity contribution in [2.45, 2.75) is 51.0 Å². The highest BCUT2D eigenvalue weighted by Gasteiger charge is 2.33. The van der Waals surface area contributed by atoms with Gasteiger partial charge in [0.05, 0.1) is 12.5 Å². The number of hydrogen-bond acceptors (Lipinski definition) is 4. The van der Waals surface area contributed by atoms with Gasteiger partial charge in [-0.1, -0.05) is 13.8 Å². The Kier molecular flexibility index (Phi) is 6.02. The first-order chi connectivity index (χ1) is 12.4. The summed E-state index contributed by atoms with van der Waals surface area (Å²) in [5.41, 5.74) is 0. The van der Waals surface area contributed by atoms with Crippen molar-refractivity contribution in [2.75, 3.05) is 26.2 Å². The lowest BCUT2D eigenvalue weighted by Gasteiger charge is -2.33. The Bertz CT molecular complexity index is 694. The second-order valence-corrected chi connectivity index (χ2v) is 9.76. The van der Waals surface area contributed by atoms with Gasteiger partial charge in [-0.3, -0.25) is 4.79 Å². The quantitative estimate of drug-likeness (QED) is 0.864. The monoisotopic (exact) mass is 382 g/mol. The molecule has 1 aliphatic heterocycles. The summed E-state index contributed by atoms with van der Waals surface area (Å²) >= 11 is 0. The summed E-state index contributed by atoms with van der Waals surface area (Å²) in [4.78, 5) is 21.3. The van der Waals surface area contributed by atoms with Gasteiger partial charge in [0, 0.05) is 32.1 Å². The van der Waals surface area contributed by atoms with Crippen LogP contribution in [0, 0.1) is 17.8 Å². The van der Waals surface area contributed by atoms with Crippen molar-refractivity contribution in [1.82, 2.24) is 19.2 Å². The predicted molar refractivity (Wildman–Crippen MR) is 98.8 cm³/mol. The van der Waals surface area contributed by atoms with Gasteiger partial charge in [0.25, 0.3) is 10.0 Å². The number of amides is 1. The molecule has 0 spiro atoms. The molecule has 7 nitrogen and oxygen atoms in total. The fourth-order valence-electron chi connectivity index (χ4n) is 4.17. The van der Waals surface area contributed by atoms with Gasteiger partial charge in [-0.15, -0.1) is 0 Å². The van der Waals surface area contributed by atoms with Gasteiger partial charge in [0.1, 0.15) is 0 Å². The van der Waals surface area contributed by atoms with Gasteiger partial charge < -0.3 is 9.88 Å². The third-order valence-electron chi connectivity index (χ3n) is 5.92. The predicted octanol–water partition coefficient (Wildman–Crippen LogP) is 2.10. The highest BCUT2D eigenvalue weighted by Crippen LogP contribution is 2.34. The second kappa shape index (κ2) is 8.08. The maximum absolute atomic E-state index is 12.9. The zero-order valence-corrected chi connectivity index (χ0v) is 16.5. The van der Waals surface area contributed by atoms with Crippen molar-refractivity contribution >= 4 is 15.9 Å². The molecule has 0 aromatic carbocycles. The zero-order valence-electron chi connectivity index (χ0n) is 15.7. The Morgan fingerprint density at radius 3 is 2.50 bits per heavy atom. The number of rotatable bonds is 4. The number of aromatic nitrogens is 2. The van der Waals surface area contributed by atoms with Crippen LogP contribution in [0.25, 0.3) is 0 Å². The molecule has 0 bridgehead atoms. The molecular weight excluding hydrogens is 352 g/mol. The Hall–Kier alpha value is -1.41. The molecule has 1 aromatic rings. The molecule has 3 rings (SSSR count). The number of nitrogens with zero attached hydrogens (tertiary/aromatic N) is 3. The summed E-state index contributed by atoms with van der Waals surface area (Å²) in [5, 5.41) is 0.115. The van der Waals surface area contributed by atoms with E-state index in [4.69, 9.17) is 0 Å². The van der Waals surface area contributed by atoms with Crippen LogP contribution in [0.15, 0.2) is 17.6 Å². The van der Waals surface area contributed by atoms with Crippen LogP contribution in [-0.4, -0.2) is 59.7 Å². The fourth-order valence-corrected chi connectivity index (χ4v) is 5.53. The maximum atomic E-state index is 12.9. The molecule has 0 radical (unpaired) electrons. The Labute approximate surface area is 156 Å². The molecule has 146 valence electrons. The van der Waals surface area contributed by atoms with Gasteiger partial charge in [-0.25, -0.2) is 13.4 Å².